The van der Waals surface area contributed by atoms with Gasteiger partial charge in [-0.15, -0.1) is 0 Å². The highest BCUT2D eigenvalue weighted by Crippen LogP contribution is 2.16. The number of hydrogen-bond acceptors (Lipinski definition) is 2. The molecule has 2 atom stereocenters. The van der Waals surface area contributed by atoms with Crippen LogP contribution in [-0.2, 0) is 9.59 Å². The van der Waals surface area contributed by atoms with Crippen molar-refractivity contribution in [1.82, 2.24) is 5.31 Å². The number of carbonyl (C=O) groups is 2. The van der Waals surface area contributed by atoms with E-state index in [9.17, 15) is 9.59 Å². The van der Waals surface area contributed by atoms with E-state index >= 15 is 0 Å². The summed E-state index contributed by atoms with van der Waals surface area (Å²) in [5.41, 5.74) is 0. The van der Waals surface area contributed by atoms with Gasteiger partial charge in [0.05, 0.1) is 0 Å². The Labute approximate surface area is 61.3 Å². The van der Waals surface area contributed by atoms with Crippen molar-refractivity contribution in [3.63, 3.8) is 0 Å². The summed E-state index contributed by atoms with van der Waals surface area (Å²) in [6.07, 6.45) is 0.576. The van der Waals surface area contributed by atoms with Crippen LogP contribution in [0.15, 0.2) is 0 Å². The van der Waals surface area contributed by atoms with Crippen LogP contribution in [0.3, 0.4) is 0 Å². The third-order valence-corrected chi connectivity index (χ3v) is 1.77. The Bertz CT molecular complexity index is 185. The molecule has 0 aromatic carbocycles. The molecule has 1 heterocycles. The Morgan fingerprint density at radius 3 is 2.20 bits per heavy atom. The molecule has 0 aromatic rings. The van der Waals surface area contributed by atoms with Crippen LogP contribution in [0.25, 0.3) is 0 Å². The standard InChI is InChI=1S/C7H11NO2/c1-4-3-5(2)7(10)8-6(4)9/h4-5H,3H2,1-2H3,(H,8,9,10)/i/hT. The topological polar surface area (TPSA) is 46.2 Å². The monoisotopic (exact) mass is 143 g/mol. The number of hydrogen-bond donors (Lipinski definition) is 1. The zero-order valence-corrected chi connectivity index (χ0v) is 6.13. The summed E-state index contributed by atoms with van der Waals surface area (Å²) < 4.78 is 7.08. The minimum Gasteiger partial charge on any atom is -0.296 e. The molecule has 1 fully saturated rings. The van der Waals surface area contributed by atoms with Gasteiger partial charge in [0.1, 0.15) is 0 Å². The van der Waals surface area contributed by atoms with E-state index in [2.05, 4.69) is 0 Å². The maximum atomic E-state index is 11.0. The van der Waals surface area contributed by atoms with Crippen molar-refractivity contribution in [3.05, 3.63) is 0 Å². The van der Waals surface area contributed by atoms with Gasteiger partial charge in [-0.1, -0.05) is 13.8 Å². The molecule has 56 valence electrons. The average Bonchev–Trinajstić information content (AvgIpc) is 1.97. The zero-order valence-electron chi connectivity index (χ0n) is 7.13. The van der Waals surface area contributed by atoms with E-state index < -0.39 is 0 Å². The molecule has 0 spiro atoms. The number of amides is 2. The fourth-order valence-corrected chi connectivity index (χ4v) is 1.06. The first-order chi connectivity index (χ1) is 5.04. The van der Waals surface area contributed by atoms with Crippen LogP contribution in [0.1, 0.15) is 20.3 Å². The lowest BCUT2D eigenvalue weighted by Crippen LogP contribution is -2.44. The molecule has 3 nitrogen and oxygen atoms in total. The molecular formula is C7H11NO2. The lowest BCUT2D eigenvalue weighted by Gasteiger charge is -2.21. The van der Waals surface area contributed by atoms with E-state index in [1.54, 1.807) is 13.8 Å². The molecule has 0 saturated carbocycles. The number of carbonyl (C=O) groups excluding carboxylic acids is 2. The largest absolute Gasteiger partial charge is 0.296 e. The quantitative estimate of drug-likeness (QED) is 0.496. The molecule has 1 N–H and O–H groups in total. The van der Waals surface area contributed by atoms with Crippen molar-refractivity contribution in [3.8, 4) is 0 Å². The summed E-state index contributed by atoms with van der Waals surface area (Å²) in [6.45, 7) is 3.49. The van der Waals surface area contributed by atoms with E-state index in [0.717, 1.165) is 0 Å². The van der Waals surface area contributed by atoms with E-state index in [4.69, 9.17) is 1.41 Å². The molecule has 2 amide bonds. The molecule has 0 aliphatic carbocycles. The molecule has 10 heavy (non-hydrogen) atoms. The van der Waals surface area contributed by atoms with Crippen LogP contribution in [0.2, 0.25) is 1.41 Å². The van der Waals surface area contributed by atoms with Gasteiger partial charge in [0.2, 0.25) is 11.8 Å². The first kappa shape index (κ1) is 5.89. The number of piperidine rings is 1. The van der Waals surface area contributed by atoms with E-state index in [1.807, 2.05) is 0 Å². The van der Waals surface area contributed by atoms with Gasteiger partial charge >= 0.3 is 0 Å². The smallest absolute Gasteiger partial charge is 0.229 e. The van der Waals surface area contributed by atoms with E-state index in [0.29, 0.717) is 11.7 Å². The SMILES string of the molecule is [3H]N1C(=O)C(C)CC(C)C1=O. The van der Waals surface area contributed by atoms with Gasteiger partial charge in [-0.05, 0) is 6.42 Å². The lowest BCUT2D eigenvalue weighted by molar-refractivity contribution is -0.138. The summed E-state index contributed by atoms with van der Waals surface area (Å²) in [7, 11) is 0. The average molecular weight is 143 g/mol. The highest BCUT2D eigenvalue weighted by molar-refractivity contribution is 5.99. The molecular weight excluding hydrogens is 130 g/mol. The van der Waals surface area contributed by atoms with Gasteiger partial charge in [-0.25, -0.2) is 0 Å². The van der Waals surface area contributed by atoms with Crippen LogP contribution in [0.5, 0.6) is 0 Å². The molecule has 3 heteroatoms. The Balaban J connectivity index is 2.79. The molecule has 0 radical (unpaired) electrons. The summed E-state index contributed by atoms with van der Waals surface area (Å²) in [6, 6.07) is 0. The van der Waals surface area contributed by atoms with Crippen molar-refractivity contribution >= 4 is 11.8 Å². The van der Waals surface area contributed by atoms with Crippen LogP contribution >= 0.6 is 0 Å². The second-order valence-corrected chi connectivity index (χ2v) is 2.83. The molecule has 1 saturated heterocycles. The Kier molecular flexibility index (Phi) is 1.42. The second kappa shape index (κ2) is 2.40. The highest BCUT2D eigenvalue weighted by atomic mass is 16.2. The molecule has 0 aromatic heterocycles. The van der Waals surface area contributed by atoms with Crippen LogP contribution in [-0.4, -0.2) is 11.8 Å². The summed E-state index contributed by atoms with van der Waals surface area (Å²) >= 11 is 0. The third kappa shape index (κ3) is 1.17. The Morgan fingerprint density at radius 1 is 1.40 bits per heavy atom. The van der Waals surface area contributed by atoms with E-state index in [1.165, 1.54) is 0 Å². The fraction of sp³-hybridized carbons (Fsp3) is 0.714. The van der Waals surface area contributed by atoms with Crippen molar-refractivity contribution in [2.75, 3.05) is 0 Å². The highest BCUT2D eigenvalue weighted by Gasteiger charge is 2.28. The van der Waals surface area contributed by atoms with Crippen molar-refractivity contribution in [2.24, 2.45) is 11.8 Å². The van der Waals surface area contributed by atoms with Crippen molar-refractivity contribution in [2.45, 2.75) is 20.3 Å². The van der Waals surface area contributed by atoms with Gasteiger partial charge in [0, 0.05) is 11.8 Å². The first-order valence-corrected chi connectivity index (χ1v) is 3.40. The first-order valence-electron chi connectivity index (χ1n) is 3.85. The van der Waals surface area contributed by atoms with Gasteiger partial charge in [0.15, 0.2) is 1.41 Å². The van der Waals surface area contributed by atoms with Gasteiger partial charge in [0.25, 0.3) is 0 Å². The van der Waals surface area contributed by atoms with Gasteiger partial charge < -0.3 is 0 Å². The normalized spacial score (nSPS) is 36.2. The lowest BCUT2D eigenvalue weighted by atomic mass is 9.92. The maximum absolute atomic E-state index is 11.0. The summed E-state index contributed by atoms with van der Waals surface area (Å²) in [5.74, 6) is -1.12. The van der Waals surface area contributed by atoms with Crippen LogP contribution in [0.4, 0.5) is 0 Å². The van der Waals surface area contributed by atoms with Crippen LogP contribution < -0.4 is 5.31 Å². The van der Waals surface area contributed by atoms with Gasteiger partial charge in [-0.2, -0.15) is 0 Å². The fourth-order valence-electron chi connectivity index (χ4n) is 1.06. The Morgan fingerprint density at radius 2 is 1.80 bits per heavy atom. The second-order valence-electron chi connectivity index (χ2n) is 2.83. The van der Waals surface area contributed by atoms with Crippen LogP contribution in [0, 0.1) is 11.8 Å². The minimum absolute atomic E-state index is 0.180. The number of imide groups is 1. The van der Waals surface area contributed by atoms with Gasteiger partial charge in [-0.3, -0.25) is 14.9 Å². The molecule has 1 aliphatic rings. The maximum Gasteiger partial charge on any atom is 0.229 e. The molecule has 0 bridgehead atoms. The summed E-state index contributed by atoms with van der Waals surface area (Å²) in [4.78, 5) is 22.0. The predicted octanol–water partition coefficient (Wildman–Crippen LogP) is 0.305. The number of rotatable bonds is 0. The Hall–Kier alpha value is -0.860. The molecule has 1 rings (SSSR count). The molecule has 1 aliphatic heterocycles. The number of nitrogens with one attached hydrogen (secondary N) is 1. The van der Waals surface area contributed by atoms with E-state index in [-0.39, 0.29) is 23.7 Å². The third-order valence-electron chi connectivity index (χ3n) is 1.77. The summed E-state index contributed by atoms with van der Waals surface area (Å²) in [5, 5.41) is 0.485. The van der Waals surface area contributed by atoms with Crippen molar-refractivity contribution < 1.29 is 11.0 Å². The predicted molar refractivity (Wildman–Crippen MR) is 36.1 cm³/mol. The minimum atomic E-state index is -0.381. The molecule has 2 unspecified atom stereocenters. The zero-order chi connectivity index (χ0) is 8.59. The van der Waals surface area contributed by atoms with Crippen molar-refractivity contribution in [1.29, 1.82) is 0 Å².